The minimum Gasteiger partial charge on any atom is -0.441 e. The number of carbonyl (C=O) groups excluding carboxylic acids is 1. The summed E-state index contributed by atoms with van der Waals surface area (Å²) in [6.45, 7) is 2.62. The van der Waals surface area contributed by atoms with Gasteiger partial charge in [-0.05, 0) is 50.4 Å². The zero-order valence-electron chi connectivity index (χ0n) is 26.4. The Bertz CT molecular complexity index is 1510. The van der Waals surface area contributed by atoms with Crippen LogP contribution in [-0.2, 0) is 18.9 Å². The van der Waals surface area contributed by atoms with Crippen molar-refractivity contribution in [2.45, 2.75) is 81.1 Å². The highest BCUT2D eigenvalue weighted by molar-refractivity contribution is 5.71. The summed E-state index contributed by atoms with van der Waals surface area (Å²) in [6, 6.07) is 11.5. The molecule has 1 N–H and O–H groups in total. The van der Waals surface area contributed by atoms with Crippen molar-refractivity contribution in [1.82, 2.24) is 9.80 Å². The Kier molecular flexibility index (Phi) is 10.4. The van der Waals surface area contributed by atoms with Crippen LogP contribution in [0.4, 0.5) is 21.9 Å². The smallest absolute Gasteiger partial charge is 0.410 e. The number of anilines is 1. The fourth-order valence-electron chi connectivity index (χ4n) is 6.63. The number of azide groups is 1. The highest BCUT2D eigenvalue weighted by Crippen LogP contribution is 2.39. The largest absolute Gasteiger partial charge is 0.441 e. The van der Waals surface area contributed by atoms with Crippen molar-refractivity contribution in [2.75, 3.05) is 33.1 Å². The number of benzene rings is 2. The van der Waals surface area contributed by atoms with Gasteiger partial charge in [0.25, 0.3) is 11.4 Å². The fraction of sp³-hybridized carbons (Fsp3) is 0.567. The summed E-state index contributed by atoms with van der Waals surface area (Å²) in [7, 11) is 5.09. The number of carbonyl (C=O) groups is 1. The molecule has 2 aliphatic heterocycles. The monoisotopic (exact) mass is 654 g/mol. The Morgan fingerprint density at radius 2 is 1.94 bits per heavy atom. The third-order valence-electron chi connectivity index (χ3n) is 9.28. The van der Waals surface area contributed by atoms with Gasteiger partial charge in [-0.1, -0.05) is 35.4 Å². The number of nitrogens with zero attached hydrogens (tertiary/aromatic N) is 7. The number of rotatable bonds is 12. The van der Waals surface area contributed by atoms with Crippen molar-refractivity contribution >= 4 is 23.2 Å². The van der Waals surface area contributed by atoms with Crippen molar-refractivity contribution in [3.63, 3.8) is 0 Å². The molecule has 2 aromatic rings. The summed E-state index contributed by atoms with van der Waals surface area (Å²) in [5.74, 6) is 0. The first-order valence-corrected chi connectivity index (χ1v) is 15.3. The van der Waals surface area contributed by atoms with E-state index in [2.05, 4.69) is 39.3 Å². The number of ether oxygens (including phenoxy) is 4. The lowest BCUT2D eigenvalue weighted by molar-refractivity contribution is -0.393. The molecule has 252 valence electrons. The number of amides is 1. The second-order valence-corrected chi connectivity index (χ2v) is 12.0. The van der Waals surface area contributed by atoms with Gasteiger partial charge in [0.05, 0.1) is 40.2 Å². The molecule has 17 nitrogen and oxygen atoms in total. The highest BCUT2D eigenvalue weighted by Gasteiger charge is 2.56. The van der Waals surface area contributed by atoms with Crippen LogP contribution < -0.4 is 5.32 Å². The molecule has 5 rings (SSSR count). The molecule has 3 aliphatic rings. The van der Waals surface area contributed by atoms with Crippen LogP contribution in [0.1, 0.15) is 37.8 Å². The molecule has 0 aromatic heterocycles. The molecule has 0 unspecified atom stereocenters. The minimum absolute atomic E-state index is 0.0515. The Morgan fingerprint density at radius 3 is 2.60 bits per heavy atom. The zero-order valence-corrected chi connectivity index (χ0v) is 26.4. The zero-order chi connectivity index (χ0) is 33.8. The molecular weight excluding hydrogens is 616 g/mol. The molecule has 0 spiro atoms. The number of nitrogens with one attached hydrogen (secondary N) is 1. The van der Waals surface area contributed by atoms with Crippen LogP contribution >= 0.6 is 0 Å². The maximum atomic E-state index is 12.7. The molecule has 9 atom stereocenters. The van der Waals surface area contributed by atoms with Crippen molar-refractivity contribution in [3.05, 3.63) is 84.8 Å². The normalized spacial score (nSPS) is 29.4. The van der Waals surface area contributed by atoms with Crippen LogP contribution in [0.25, 0.3) is 10.4 Å². The third-order valence-corrected chi connectivity index (χ3v) is 9.28. The maximum Gasteiger partial charge on any atom is 0.410 e. The molecule has 1 aliphatic carbocycles. The van der Waals surface area contributed by atoms with E-state index < -0.39 is 70.0 Å². The molecule has 47 heavy (non-hydrogen) atoms. The molecule has 1 amide bonds. The van der Waals surface area contributed by atoms with E-state index >= 15 is 0 Å². The highest BCUT2D eigenvalue weighted by atomic mass is 16.7. The number of nitro benzene ring substituents is 2. The summed E-state index contributed by atoms with van der Waals surface area (Å²) in [5, 5.41) is 30.3. The quantitative estimate of drug-likeness (QED) is 0.108. The first-order valence-electron chi connectivity index (χ1n) is 15.3. The summed E-state index contributed by atoms with van der Waals surface area (Å²) in [4.78, 5) is 41.1. The van der Waals surface area contributed by atoms with Crippen molar-refractivity contribution < 1.29 is 33.6 Å². The fourth-order valence-corrected chi connectivity index (χ4v) is 6.63. The van der Waals surface area contributed by atoms with Crippen molar-refractivity contribution in [2.24, 2.45) is 5.11 Å². The molecule has 3 fully saturated rings. The molecule has 17 heteroatoms. The SMILES string of the molecule is CO[C@@H]1C[C@@H](N=[N+]=[N-])[C@H](O[C@H]2O[C@@H](CN(C)[C@@H](C)c3ccccc3)CC[C@@H]2Nc2ccc([N+](=O)[O-])cc2[N+](=O)[O-])[C@H]2OC(=O)N(C)[C@H]21. The topological polar surface area (TPSA) is 208 Å². The molecule has 1 saturated carbocycles. The van der Waals surface area contributed by atoms with Gasteiger partial charge in [0, 0.05) is 37.7 Å². The number of non-ortho nitro benzene ring substituents is 1. The lowest BCUT2D eigenvalue weighted by Crippen LogP contribution is -2.60. The van der Waals surface area contributed by atoms with Crippen LogP contribution in [-0.4, -0.2) is 102 Å². The van der Waals surface area contributed by atoms with Gasteiger partial charge in [-0.3, -0.25) is 25.1 Å². The van der Waals surface area contributed by atoms with E-state index in [1.54, 1.807) is 7.05 Å². The Labute approximate surface area is 270 Å². The average molecular weight is 655 g/mol. The molecule has 2 saturated heterocycles. The number of methoxy groups -OCH3 is 1. The molecule has 2 aromatic carbocycles. The van der Waals surface area contributed by atoms with Gasteiger partial charge in [-0.25, -0.2) is 4.79 Å². The summed E-state index contributed by atoms with van der Waals surface area (Å²) in [6.07, 6.45) is -2.98. The Balaban J connectivity index is 1.44. The van der Waals surface area contributed by atoms with Crippen LogP contribution in [0, 0.1) is 20.2 Å². The van der Waals surface area contributed by atoms with Crippen LogP contribution in [0.15, 0.2) is 53.6 Å². The van der Waals surface area contributed by atoms with Gasteiger partial charge < -0.3 is 29.2 Å². The first kappa shape index (κ1) is 33.8. The molecule has 2 heterocycles. The number of nitro groups is 2. The lowest BCUT2D eigenvalue weighted by atomic mass is 9.83. The summed E-state index contributed by atoms with van der Waals surface area (Å²) >= 11 is 0. The van der Waals surface area contributed by atoms with E-state index in [0.717, 1.165) is 11.6 Å². The van der Waals surface area contributed by atoms with Crippen LogP contribution in [0.2, 0.25) is 0 Å². The first-order chi connectivity index (χ1) is 22.5. The second-order valence-electron chi connectivity index (χ2n) is 12.0. The van der Waals surface area contributed by atoms with Gasteiger partial charge in [-0.15, -0.1) is 0 Å². The van der Waals surface area contributed by atoms with E-state index in [-0.39, 0.29) is 24.3 Å². The second kappa shape index (κ2) is 14.5. The number of fused-ring (bicyclic) bond motifs is 1. The van der Waals surface area contributed by atoms with Crippen LogP contribution in [0.5, 0.6) is 0 Å². The number of hydrogen-bond donors (Lipinski definition) is 1. The lowest BCUT2D eigenvalue weighted by Gasteiger charge is -2.45. The van der Waals surface area contributed by atoms with Crippen molar-refractivity contribution in [1.29, 1.82) is 0 Å². The van der Waals surface area contributed by atoms with Gasteiger partial charge >= 0.3 is 6.09 Å². The van der Waals surface area contributed by atoms with Gasteiger partial charge in [0.1, 0.15) is 17.8 Å². The molecule has 0 radical (unpaired) electrons. The van der Waals surface area contributed by atoms with E-state index in [1.807, 2.05) is 25.2 Å². The average Bonchev–Trinajstić information content (AvgIpc) is 3.36. The minimum atomic E-state index is -1.05. The van der Waals surface area contributed by atoms with E-state index in [9.17, 15) is 30.6 Å². The predicted molar refractivity (Wildman–Crippen MR) is 168 cm³/mol. The predicted octanol–water partition coefficient (Wildman–Crippen LogP) is 4.78. The van der Waals surface area contributed by atoms with Crippen molar-refractivity contribution in [3.8, 4) is 0 Å². The number of likely N-dealkylation sites (N-methyl/N-ethyl adjacent to an activating group) is 2. The van der Waals surface area contributed by atoms with E-state index in [4.69, 9.17) is 18.9 Å². The number of hydrogen-bond acceptors (Lipinski definition) is 12. The summed E-state index contributed by atoms with van der Waals surface area (Å²) < 4.78 is 24.5. The van der Waals surface area contributed by atoms with E-state index in [1.165, 1.54) is 24.1 Å². The van der Waals surface area contributed by atoms with E-state index in [0.29, 0.717) is 19.4 Å². The van der Waals surface area contributed by atoms with Gasteiger partial charge in [0.2, 0.25) is 0 Å². The van der Waals surface area contributed by atoms with Crippen LogP contribution in [0.3, 0.4) is 0 Å². The van der Waals surface area contributed by atoms with Gasteiger partial charge in [-0.2, -0.15) is 0 Å². The Morgan fingerprint density at radius 1 is 1.19 bits per heavy atom. The Hall–Kier alpha value is -4.54. The molecular formula is C30H38N8O9. The third kappa shape index (κ3) is 7.24. The summed E-state index contributed by atoms with van der Waals surface area (Å²) in [5.41, 5.74) is 9.69. The van der Waals surface area contributed by atoms with Gasteiger partial charge in [0.15, 0.2) is 12.4 Å². The maximum absolute atomic E-state index is 12.7. The standard InChI is InChI=1S/C30H38N8O9/c1-17(18-8-6-5-7-9-18)35(2)16-20-11-13-22(32-21-12-10-19(37(40)41)14-24(21)38(42)43)29(45-20)46-27-23(33-34-31)15-25(44-4)26-28(27)47-30(39)36(26)3/h5-10,12,14,17,20,22-23,25-29,32H,11,13,15-16H2,1-4H3/t17-,20+,22-,23+,25+,26-,27-,28-,29+/m0/s1. The molecule has 0 bridgehead atoms.